The third kappa shape index (κ3) is 3.25. The molecule has 0 aromatic heterocycles. The zero-order valence-corrected chi connectivity index (χ0v) is 6.02. The molecule has 0 aliphatic carbocycles. The number of esters is 1. The lowest BCUT2D eigenvalue weighted by Crippen LogP contribution is -2.28. The maximum absolute atomic E-state index is 12.4. The molecular weight excluding hydrogens is 161 g/mol. The van der Waals surface area contributed by atoms with Gasteiger partial charge in [-0.25, -0.2) is 13.6 Å². The van der Waals surface area contributed by atoms with Gasteiger partial charge in [0.1, 0.15) is 6.17 Å². The average Bonchev–Trinajstić information content (AvgIpc) is 2.02. The highest BCUT2D eigenvalue weighted by Gasteiger charge is 2.28. The number of halogens is 3. The van der Waals surface area contributed by atoms with Gasteiger partial charge in [-0.1, -0.05) is 0 Å². The molecule has 2 unspecified atom stereocenters. The summed E-state index contributed by atoms with van der Waals surface area (Å²) in [5, 5.41) is 0. The van der Waals surface area contributed by atoms with Gasteiger partial charge in [0.15, 0.2) is 0 Å². The average molecular weight is 170 g/mol. The first kappa shape index (κ1) is 10.3. The van der Waals surface area contributed by atoms with Gasteiger partial charge in [0.2, 0.25) is 6.17 Å². The molecule has 0 rings (SSSR count). The lowest BCUT2D eigenvalue weighted by Gasteiger charge is -2.08. The molecule has 11 heavy (non-hydrogen) atoms. The highest BCUT2D eigenvalue weighted by molar-refractivity contribution is 5.75. The molecule has 0 saturated carbocycles. The lowest BCUT2D eigenvalue weighted by atomic mass is 10.2. The first-order valence-electron chi connectivity index (χ1n) is 3.05. The number of hydrogen-bond donors (Lipinski definition) is 0. The third-order valence-corrected chi connectivity index (χ3v) is 1.13. The fourth-order valence-corrected chi connectivity index (χ4v) is 0.511. The Morgan fingerprint density at radius 2 is 2.09 bits per heavy atom. The van der Waals surface area contributed by atoms with Crippen LogP contribution in [0.4, 0.5) is 13.2 Å². The second-order valence-electron chi connectivity index (χ2n) is 1.92. The van der Waals surface area contributed by atoms with Crippen molar-refractivity contribution in [2.75, 3.05) is 13.8 Å². The van der Waals surface area contributed by atoms with Crippen LogP contribution in [0.1, 0.15) is 6.42 Å². The number of rotatable bonds is 4. The van der Waals surface area contributed by atoms with Gasteiger partial charge in [-0.15, -0.1) is 0 Å². The summed E-state index contributed by atoms with van der Waals surface area (Å²) in [5.74, 6) is -1.30. The molecule has 0 aliphatic rings. The second-order valence-corrected chi connectivity index (χ2v) is 1.92. The lowest BCUT2D eigenvalue weighted by molar-refractivity contribution is -0.149. The molecule has 0 aromatic carbocycles. The highest BCUT2D eigenvalue weighted by Crippen LogP contribution is 2.09. The van der Waals surface area contributed by atoms with E-state index in [0.29, 0.717) is 0 Å². The van der Waals surface area contributed by atoms with Crippen LogP contribution < -0.4 is 0 Å². The Kier molecular flexibility index (Phi) is 4.65. The number of ether oxygens (including phenoxy) is 1. The molecule has 66 valence electrons. The summed E-state index contributed by atoms with van der Waals surface area (Å²) in [4.78, 5) is 10.3. The number of hydrogen-bond acceptors (Lipinski definition) is 2. The van der Waals surface area contributed by atoms with Crippen molar-refractivity contribution < 1.29 is 22.7 Å². The summed E-state index contributed by atoms with van der Waals surface area (Å²) in [6.07, 6.45) is -5.08. The van der Waals surface area contributed by atoms with Crippen LogP contribution in [0.25, 0.3) is 0 Å². The van der Waals surface area contributed by atoms with Gasteiger partial charge in [-0.05, 0) is 0 Å². The van der Waals surface area contributed by atoms with E-state index < -0.39 is 31.4 Å². The molecule has 2 nitrogen and oxygen atoms in total. The van der Waals surface area contributed by atoms with Gasteiger partial charge in [0, 0.05) is 6.42 Å². The normalized spacial score (nSPS) is 15.6. The maximum atomic E-state index is 12.4. The van der Waals surface area contributed by atoms with Crippen molar-refractivity contribution in [2.45, 2.75) is 18.8 Å². The molecule has 2 atom stereocenters. The molecule has 5 heteroatoms. The zero-order valence-electron chi connectivity index (χ0n) is 6.02. The topological polar surface area (TPSA) is 26.3 Å². The summed E-state index contributed by atoms with van der Waals surface area (Å²) in [5.41, 5.74) is 0. The van der Waals surface area contributed by atoms with Crippen LogP contribution >= 0.6 is 0 Å². The minimum atomic E-state index is -2.37. The van der Waals surface area contributed by atoms with Crippen LogP contribution in [0.2, 0.25) is 0 Å². The minimum absolute atomic E-state index is 0.615. The van der Waals surface area contributed by atoms with E-state index in [1.54, 1.807) is 0 Å². The van der Waals surface area contributed by atoms with E-state index in [2.05, 4.69) is 4.74 Å². The largest absolute Gasteiger partial charge is 0.467 e. The van der Waals surface area contributed by atoms with Crippen LogP contribution in [0.3, 0.4) is 0 Å². The summed E-state index contributed by atoms with van der Waals surface area (Å²) < 4.78 is 40.0. The van der Waals surface area contributed by atoms with Gasteiger partial charge in [0.25, 0.3) is 0 Å². The van der Waals surface area contributed by atoms with Crippen LogP contribution in [-0.4, -0.2) is 32.1 Å². The van der Waals surface area contributed by atoms with Crippen LogP contribution in [0.15, 0.2) is 0 Å². The van der Waals surface area contributed by atoms with Crippen LogP contribution in [-0.2, 0) is 9.53 Å². The standard InChI is InChI=1S/C6H9F3O2/c1-11-6(10)5(9)4(8)2-3-7/h4-5H,2-3H2,1H3. The van der Waals surface area contributed by atoms with Crippen LogP contribution in [0.5, 0.6) is 0 Å². The Hall–Kier alpha value is -0.740. The van der Waals surface area contributed by atoms with Gasteiger partial charge < -0.3 is 4.74 Å². The predicted octanol–water partition coefficient (Wildman–Crippen LogP) is 1.20. The smallest absolute Gasteiger partial charge is 0.343 e. The summed E-state index contributed by atoms with van der Waals surface area (Å²) in [6.45, 7) is -0.988. The van der Waals surface area contributed by atoms with Crippen molar-refractivity contribution >= 4 is 5.97 Å². The molecule has 0 bridgehead atoms. The third-order valence-electron chi connectivity index (χ3n) is 1.13. The Balaban J connectivity index is 3.80. The SMILES string of the molecule is COC(=O)C(F)C(F)CCF. The van der Waals surface area contributed by atoms with Crippen molar-refractivity contribution in [3.05, 3.63) is 0 Å². The Labute approximate surface area is 62.3 Å². The van der Waals surface area contributed by atoms with Crippen molar-refractivity contribution in [2.24, 2.45) is 0 Å². The second kappa shape index (κ2) is 4.98. The highest BCUT2D eigenvalue weighted by atomic mass is 19.2. The first-order chi connectivity index (χ1) is 5.13. The summed E-state index contributed by atoms with van der Waals surface area (Å²) in [6, 6.07) is 0. The molecule has 0 heterocycles. The van der Waals surface area contributed by atoms with Crippen molar-refractivity contribution in [3.63, 3.8) is 0 Å². The predicted molar refractivity (Wildman–Crippen MR) is 32.4 cm³/mol. The van der Waals surface area contributed by atoms with E-state index in [0.717, 1.165) is 7.11 Å². The maximum Gasteiger partial charge on any atom is 0.343 e. The summed E-state index contributed by atoms with van der Waals surface area (Å²) in [7, 11) is 0.942. The Bertz CT molecular complexity index is 129. The fourth-order valence-electron chi connectivity index (χ4n) is 0.511. The van der Waals surface area contributed by atoms with Gasteiger partial charge >= 0.3 is 5.97 Å². The molecule has 0 aliphatic heterocycles. The molecule has 0 fully saturated rings. The number of methoxy groups -OCH3 is 1. The Morgan fingerprint density at radius 3 is 2.45 bits per heavy atom. The van der Waals surface area contributed by atoms with Gasteiger partial charge in [-0.3, -0.25) is 4.39 Å². The van der Waals surface area contributed by atoms with E-state index >= 15 is 0 Å². The number of carbonyl (C=O) groups excluding carboxylic acids is 1. The van der Waals surface area contributed by atoms with Crippen molar-refractivity contribution in [1.82, 2.24) is 0 Å². The minimum Gasteiger partial charge on any atom is -0.467 e. The first-order valence-corrected chi connectivity index (χ1v) is 3.05. The van der Waals surface area contributed by atoms with Crippen molar-refractivity contribution in [3.8, 4) is 0 Å². The molecule has 0 spiro atoms. The van der Waals surface area contributed by atoms with Crippen LogP contribution in [0, 0.1) is 0 Å². The van der Waals surface area contributed by atoms with E-state index in [9.17, 15) is 18.0 Å². The molecule has 0 radical (unpaired) electrons. The number of carbonyl (C=O) groups is 1. The quantitative estimate of drug-likeness (QED) is 0.592. The molecular formula is C6H9F3O2. The van der Waals surface area contributed by atoms with Gasteiger partial charge in [0.05, 0.1) is 13.8 Å². The van der Waals surface area contributed by atoms with Crippen molar-refractivity contribution in [1.29, 1.82) is 0 Å². The zero-order chi connectivity index (χ0) is 8.85. The van der Waals surface area contributed by atoms with E-state index in [1.165, 1.54) is 0 Å². The van der Waals surface area contributed by atoms with E-state index in [-0.39, 0.29) is 0 Å². The number of alkyl halides is 3. The molecule has 0 aromatic rings. The summed E-state index contributed by atoms with van der Waals surface area (Å²) >= 11 is 0. The molecule has 0 amide bonds. The van der Waals surface area contributed by atoms with E-state index in [1.807, 2.05) is 0 Å². The van der Waals surface area contributed by atoms with E-state index in [4.69, 9.17) is 0 Å². The molecule has 0 N–H and O–H groups in total. The fraction of sp³-hybridized carbons (Fsp3) is 0.833. The Morgan fingerprint density at radius 1 is 1.55 bits per heavy atom. The van der Waals surface area contributed by atoms with Gasteiger partial charge in [-0.2, -0.15) is 0 Å². The molecule has 0 saturated heterocycles. The monoisotopic (exact) mass is 170 g/mol.